The van der Waals surface area contributed by atoms with Crippen LogP contribution in [0.3, 0.4) is 0 Å². The lowest BCUT2D eigenvalue weighted by Crippen LogP contribution is -2.15. The van der Waals surface area contributed by atoms with Crippen LogP contribution in [0.4, 0.5) is 13.2 Å². The van der Waals surface area contributed by atoms with Gasteiger partial charge in [0.2, 0.25) is 0 Å². The third-order valence-electron chi connectivity index (χ3n) is 4.21. The Morgan fingerprint density at radius 2 is 1.93 bits per heavy atom. The summed E-state index contributed by atoms with van der Waals surface area (Å²) in [4.78, 5) is 11.0. The molecule has 8 heteroatoms. The predicted octanol–water partition coefficient (Wildman–Crippen LogP) is 4.79. The van der Waals surface area contributed by atoms with Gasteiger partial charge in [0.1, 0.15) is 18.4 Å². The summed E-state index contributed by atoms with van der Waals surface area (Å²) in [6.07, 6.45) is -2.11. The van der Waals surface area contributed by atoms with Crippen LogP contribution in [0.1, 0.15) is 24.1 Å². The van der Waals surface area contributed by atoms with Gasteiger partial charge in [0.05, 0.1) is 11.8 Å². The number of aromatic nitrogens is 2. The highest BCUT2D eigenvalue weighted by Gasteiger charge is 2.34. The second-order valence-electron chi connectivity index (χ2n) is 6.20. The molecule has 0 amide bonds. The number of carbonyl (C=O) groups is 1. The zero-order valence-corrected chi connectivity index (χ0v) is 14.8. The number of halogens is 3. The van der Waals surface area contributed by atoms with Crippen molar-refractivity contribution in [3.8, 4) is 16.9 Å². The molecule has 5 nitrogen and oxygen atoms in total. The number of alkyl halides is 3. The van der Waals surface area contributed by atoms with E-state index in [0.29, 0.717) is 0 Å². The molecule has 1 heterocycles. The van der Waals surface area contributed by atoms with Crippen molar-refractivity contribution in [2.45, 2.75) is 25.7 Å². The average Bonchev–Trinajstić information content (AvgIpc) is 3.15. The van der Waals surface area contributed by atoms with Gasteiger partial charge in [-0.1, -0.05) is 30.3 Å². The lowest BCUT2D eigenvalue weighted by atomic mass is 10.0. The van der Waals surface area contributed by atoms with Gasteiger partial charge in [-0.2, -0.15) is 18.3 Å². The van der Waals surface area contributed by atoms with Crippen LogP contribution in [0.25, 0.3) is 11.1 Å². The third-order valence-corrected chi connectivity index (χ3v) is 4.21. The Balaban J connectivity index is 1.90. The van der Waals surface area contributed by atoms with Crippen LogP contribution >= 0.6 is 0 Å². The van der Waals surface area contributed by atoms with Crippen LogP contribution in [0, 0.1) is 0 Å². The minimum Gasteiger partial charge on any atom is -0.489 e. The fourth-order valence-corrected chi connectivity index (χ4v) is 2.64. The monoisotopic (exact) mass is 390 g/mol. The predicted molar refractivity (Wildman–Crippen MR) is 95.8 cm³/mol. The smallest absolute Gasteiger partial charge is 0.417 e. The second-order valence-corrected chi connectivity index (χ2v) is 6.20. The Morgan fingerprint density at radius 3 is 2.57 bits per heavy atom. The summed E-state index contributed by atoms with van der Waals surface area (Å²) in [5.41, 5.74) is 0.0445. The summed E-state index contributed by atoms with van der Waals surface area (Å²) in [6.45, 7) is 1.54. The quantitative estimate of drug-likeness (QED) is 0.657. The number of hydrogen-bond acceptors (Lipinski definition) is 3. The lowest BCUT2D eigenvalue weighted by molar-refractivity contribution is -0.140. The first-order chi connectivity index (χ1) is 13.3. The van der Waals surface area contributed by atoms with E-state index >= 15 is 0 Å². The Labute approximate surface area is 159 Å². The maximum absolute atomic E-state index is 13.6. The molecule has 1 atom stereocenters. The van der Waals surface area contributed by atoms with Crippen molar-refractivity contribution in [3.63, 3.8) is 0 Å². The third kappa shape index (κ3) is 4.33. The summed E-state index contributed by atoms with van der Waals surface area (Å²) in [6, 6.07) is 11.8. The van der Waals surface area contributed by atoms with E-state index in [1.54, 1.807) is 0 Å². The van der Waals surface area contributed by atoms with Crippen molar-refractivity contribution in [1.29, 1.82) is 0 Å². The molecule has 1 aromatic heterocycles. The Morgan fingerprint density at radius 1 is 1.21 bits per heavy atom. The molecule has 0 spiro atoms. The summed E-state index contributed by atoms with van der Waals surface area (Å²) < 4.78 is 47.4. The second kappa shape index (κ2) is 7.75. The SMILES string of the molecule is CC(C(=O)O)n1cc(-c2ccc(OCc3ccccc3)cc2C(F)(F)F)cn1. The molecule has 0 aliphatic carbocycles. The first kappa shape index (κ1) is 19.5. The number of hydrogen-bond donors (Lipinski definition) is 1. The van der Waals surface area contributed by atoms with E-state index in [2.05, 4.69) is 5.10 Å². The van der Waals surface area contributed by atoms with Crippen molar-refractivity contribution in [2.75, 3.05) is 0 Å². The zero-order valence-electron chi connectivity index (χ0n) is 14.8. The number of ether oxygens (including phenoxy) is 1. The molecule has 0 saturated heterocycles. The molecule has 3 aromatic rings. The van der Waals surface area contributed by atoms with Gasteiger partial charge in [0, 0.05) is 11.8 Å². The highest BCUT2D eigenvalue weighted by Crippen LogP contribution is 2.39. The van der Waals surface area contributed by atoms with Crippen LogP contribution < -0.4 is 4.74 Å². The van der Waals surface area contributed by atoms with E-state index in [1.807, 2.05) is 30.3 Å². The molecule has 28 heavy (non-hydrogen) atoms. The van der Waals surface area contributed by atoms with Gasteiger partial charge in [-0.25, -0.2) is 4.79 Å². The standard InChI is InChI=1S/C20H17F3N2O3/c1-13(19(26)27)25-11-15(10-24-25)17-8-7-16(9-18(17)20(21,22)23)28-12-14-5-3-2-4-6-14/h2-11,13H,12H2,1H3,(H,26,27). The van der Waals surface area contributed by atoms with Crippen molar-refractivity contribution >= 4 is 5.97 Å². The Hall–Kier alpha value is -3.29. The van der Waals surface area contributed by atoms with Gasteiger partial charge in [0.15, 0.2) is 0 Å². The van der Waals surface area contributed by atoms with Gasteiger partial charge in [-0.15, -0.1) is 0 Å². The maximum Gasteiger partial charge on any atom is 0.417 e. The minimum atomic E-state index is -4.61. The van der Waals surface area contributed by atoms with Gasteiger partial charge in [-0.3, -0.25) is 4.68 Å². The number of carboxylic acid groups (broad SMARTS) is 1. The topological polar surface area (TPSA) is 64.3 Å². The molecule has 0 bridgehead atoms. The minimum absolute atomic E-state index is 0.0891. The number of carboxylic acids is 1. The summed E-state index contributed by atoms with van der Waals surface area (Å²) >= 11 is 0. The molecule has 0 aliphatic rings. The van der Waals surface area contributed by atoms with Crippen LogP contribution in [0.5, 0.6) is 5.75 Å². The number of nitrogens with zero attached hydrogens (tertiary/aromatic N) is 2. The molecule has 3 rings (SSSR count). The fourth-order valence-electron chi connectivity index (χ4n) is 2.64. The molecule has 1 unspecified atom stereocenters. The van der Waals surface area contributed by atoms with E-state index in [9.17, 15) is 18.0 Å². The molecule has 0 fully saturated rings. The van der Waals surface area contributed by atoms with E-state index in [1.165, 1.54) is 31.5 Å². The maximum atomic E-state index is 13.6. The van der Waals surface area contributed by atoms with Crippen molar-refractivity contribution < 1.29 is 27.8 Å². The highest BCUT2D eigenvalue weighted by molar-refractivity contribution is 5.72. The lowest BCUT2D eigenvalue weighted by Gasteiger charge is -2.14. The molecule has 146 valence electrons. The molecular formula is C20H17F3N2O3. The first-order valence-electron chi connectivity index (χ1n) is 8.41. The van der Waals surface area contributed by atoms with Gasteiger partial charge in [-0.05, 0) is 36.2 Å². The zero-order chi connectivity index (χ0) is 20.3. The van der Waals surface area contributed by atoms with Crippen LogP contribution in [0.15, 0.2) is 60.9 Å². The van der Waals surface area contributed by atoms with Crippen molar-refractivity contribution in [3.05, 3.63) is 72.1 Å². The number of benzene rings is 2. The van der Waals surface area contributed by atoms with Crippen molar-refractivity contribution in [2.24, 2.45) is 0 Å². The fraction of sp³-hybridized carbons (Fsp3) is 0.200. The Bertz CT molecular complexity index is 968. The van der Waals surface area contributed by atoms with E-state index in [0.717, 1.165) is 16.3 Å². The summed E-state index contributed by atoms with van der Waals surface area (Å²) in [5.74, 6) is -1.04. The van der Waals surface area contributed by atoms with Crippen LogP contribution in [-0.2, 0) is 17.6 Å². The number of aliphatic carboxylic acids is 1. The first-order valence-corrected chi connectivity index (χ1v) is 8.41. The molecule has 0 aliphatic heterocycles. The van der Waals surface area contributed by atoms with Crippen LogP contribution in [-0.4, -0.2) is 20.9 Å². The van der Waals surface area contributed by atoms with E-state index in [4.69, 9.17) is 9.84 Å². The van der Waals surface area contributed by atoms with Crippen molar-refractivity contribution in [1.82, 2.24) is 9.78 Å². The molecule has 0 radical (unpaired) electrons. The molecule has 2 aromatic carbocycles. The molecule has 0 saturated carbocycles. The number of rotatable bonds is 6. The summed E-state index contributed by atoms with van der Waals surface area (Å²) in [5, 5.41) is 12.9. The Kier molecular flexibility index (Phi) is 5.39. The van der Waals surface area contributed by atoms with Crippen LogP contribution in [0.2, 0.25) is 0 Å². The van der Waals surface area contributed by atoms with E-state index in [-0.39, 0.29) is 23.5 Å². The summed E-state index contributed by atoms with van der Waals surface area (Å²) in [7, 11) is 0. The van der Waals surface area contributed by atoms with Gasteiger partial charge >= 0.3 is 12.1 Å². The van der Waals surface area contributed by atoms with Gasteiger partial charge in [0.25, 0.3) is 0 Å². The average molecular weight is 390 g/mol. The highest BCUT2D eigenvalue weighted by atomic mass is 19.4. The van der Waals surface area contributed by atoms with E-state index < -0.39 is 23.8 Å². The normalized spacial score (nSPS) is 12.6. The molecular weight excluding hydrogens is 373 g/mol. The largest absolute Gasteiger partial charge is 0.489 e. The molecule has 1 N–H and O–H groups in total. The van der Waals surface area contributed by atoms with Gasteiger partial charge < -0.3 is 9.84 Å².